The number of hydrogen-bond donors (Lipinski definition) is 0. The average molecular weight is 368 g/mol. The predicted molar refractivity (Wildman–Crippen MR) is 85.4 cm³/mol. The molecule has 0 aromatic heterocycles. The maximum Gasteiger partial charge on any atom is 0.387 e. The summed E-state index contributed by atoms with van der Waals surface area (Å²) in [6.07, 6.45) is 0. The molecule has 0 aliphatic heterocycles. The zero-order chi connectivity index (χ0) is 18.4. The molecule has 0 saturated carbocycles. The van der Waals surface area contributed by atoms with Crippen molar-refractivity contribution in [3.63, 3.8) is 0 Å². The Morgan fingerprint density at radius 2 is 1.96 bits per heavy atom. The Bertz CT molecular complexity index is 804. The lowest BCUT2D eigenvalue weighted by atomic mass is 10.2. The number of nitriles is 1. The van der Waals surface area contributed by atoms with Gasteiger partial charge < -0.3 is 14.2 Å². The molecular formula is C17H12ClF2NO4. The lowest BCUT2D eigenvalue weighted by Crippen LogP contribution is -2.10. The summed E-state index contributed by atoms with van der Waals surface area (Å²) in [5.41, 5.74) is 0.353. The number of nitrogens with zero attached hydrogens (tertiary/aromatic N) is 1. The van der Waals surface area contributed by atoms with Crippen LogP contribution in [0.5, 0.6) is 17.2 Å². The topological polar surface area (TPSA) is 68.5 Å². The van der Waals surface area contributed by atoms with Crippen LogP contribution in [0.1, 0.15) is 22.8 Å². The molecule has 8 heteroatoms. The molecule has 0 fully saturated rings. The van der Waals surface area contributed by atoms with Gasteiger partial charge in [-0.3, -0.25) is 0 Å². The molecule has 0 atom stereocenters. The van der Waals surface area contributed by atoms with Gasteiger partial charge in [-0.05, 0) is 37.3 Å². The van der Waals surface area contributed by atoms with E-state index in [1.807, 2.05) is 6.07 Å². The summed E-state index contributed by atoms with van der Waals surface area (Å²) in [5, 5.41) is 8.99. The summed E-state index contributed by atoms with van der Waals surface area (Å²) in [5.74, 6) is -0.730. The number of alkyl halides is 2. The van der Waals surface area contributed by atoms with E-state index in [0.29, 0.717) is 0 Å². The van der Waals surface area contributed by atoms with Gasteiger partial charge in [0.25, 0.3) is 0 Å². The molecule has 0 heterocycles. The summed E-state index contributed by atoms with van der Waals surface area (Å²) >= 11 is 6.05. The van der Waals surface area contributed by atoms with Crippen LogP contribution in [0.4, 0.5) is 8.78 Å². The third-order valence-corrected chi connectivity index (χ3v) is 3.23. The minimum Gasteiger partial charge on any atom is -0.490 e. The van der Waals surface area contributed by atoms with Crippen LogP contribution < -0.4 is 14.2 Å². The van der Waals surface area contributed by atoms with Gasteiger partial charge in [-0.15, -0.1) is 0 Å². The highest BCUT2D eigenvalue weighted by molar-refractivity contribution is 6.32. The first kappa shape index (κ1) is 18.5. The van der Waals surface area contributed by atoms with E-state index in [0.717, 1.165) is 0 Å². The van der Waals surface area contributed by atoms with E-state index in [-0.39, 0.29) is 40.0 Å². The van der Waals surface area contributed by atoms with Gasteiger partial charge >= 0.3 is 12.6 Å². The van der Waals surface area contributed by atoms with Gasteiger partial charge in [0.1, 0.15) is 5.75 Å². The van der Waals surface area contributed by atoms with Crippen molar-refractivity contribution >= 4 is 17.6 Å². The van der Waals surface area contributed by atoms with E-state index < -0.39 is 12.6 Å². The van der Waals surface area contributed by atoms with Crippen LogP contribution in [0.3, 0.4) is 0 Å². The number of esters is 1. The Hall–Kier alpha value is -2.85. The molecule has 2 rings (SSSR count). The van der Waals surface area contributed by atoms with E-state index in [4.69, 9.17) is 26.3 Å². The Morgan fingerprint density at radius 1 is 1.28 bits per heavy atom. The van der Waals surface area contributed by atoms with Crippen LogP contribution in [-0.2, 0) is 0 Å². The highest BCUT2D eigenvalue weighted by Crippen LogP contribution is 2.37. The minimum absolute atomic E-state index is 0.0274. The minimum atomic E-state index is -2.95. The second-order valence-corrected chi connectivity index (χ2v) is 5.03. The molecule has 0 amide bonds. The SMILES string of the molecule is CCOc1cc(C#N)cc(Cl)c1OC(=O)c1ccc(OC(F)F)cc1. The fourth-order valence-corrected chi connectivity index (χ4v) is 2.17. The van der Waals surface area contributed by atoms with Gasteiger partial charge in [0.15, 0.2) is 11.5 Å². The molecular weight excluding hydrogens is 356 g/mol. The van der Waals surface area contributed by atoms with Crippen molar-refractivity contribution in [1.29, 1.82) is 5.26 Å². The van der Waals surface area contributed by atoms with Crippen LogP contribution >= 0.6 is 11.6 Å². The van der Waals surface area contributed by atoms with Gasteiger partial charge in [-0.25, -0.2) is 4.79 Å². The van der Waals surface area contributed by atoms with Gasteiger partial charge in [0.2, 0.25) is 0 Å². The fraction of sp³-hybridized carbons (Fsp3) is 0.176. The van der Waals surface area contributed by atoms with Crippen LogP contribution in [-0.4, -0.2) is 19.2 Å². The molecule has 2 aromatic rings. The third-order valence-electron chi connectivity index (χ3n) is 2.95. The lowest BCUT2D eigenvalue weighted by Gasteiger charge is -2.13. The molecule has 0 radical (unpaired) electrons. The fourth-order valence-electron chi connectivity index (χ4n) is 1.92. The first-order valence-electron chi connectivity index (χ1n) is 7.08. The number of rotatable bonds is 6. The smallest absolute Gasteiger partial charge is 0.387 e. The van der Waals surface area contributed by atoms with Crippen LogP contribution in [0.25, 0.3) is 0 Å². The van der Waals surface area contributed by atoms with Gasteiger partial charge in [0, 0.05) is 6.07 Å². The second-order valence-electron chi connectivity index (χ2n) is 4.62. The van der Waals surface area contributed by atoms with Crippen LogP contribution in [0.15, 0.2) is 36.4 Å². The van der Waals surface area contributed by atoms with Crippen molar-refractivity contribution in [3.05, 3.63) is 52.5 Å². The maximum absolute atomic E-state index is 12.2. The molecule has 5 nitrogen and oxygen atoms in total. The van der Waals surface area contributed by atoms with Crippen molar-refractivity contribution in [1.82, 2.24) is 0 Å². The van der Waals surface area contributed by atoms with E-state index >= 15 is 0 Å². The van der Waals surface area contributed by atoms with Gasteiger partial charge in [-0.2, -0.15) is 14.0 Å². The molecule has 0 aliphatic carbocycles. The zero-order valence-electron chi connectivity index (χ0n) is 13.0. The predicted octanol–water partition coefficient (Wildman–Crippen LogP) is 4.43. The summed E-state index contributed by atoms with van der Waals surface area (Å²) in [7, 11) is 0. The maximum atomic E-state index is 12.2. The second kappa shape index (κ2) is 8.31. The Morgan fingerprint density at radius 3 is 2.52 bits per heavy atom. The van der Waals surface area contributed by atoms with Crippen molar-refractivity contribution in [2.45, 2.75) is 13.5 Å². The average Bonchev–Trinajstić information content (AvgIpc) is 2.57. The number of carbonyl (C=O) groups is 1. The number of hydrogen-bond acceptors (Lipinski definition) is 5. The normalized spacial score (nSPS) is 10.2. The zero-order valence-corrected chi connectivity index (χ0v) is 13.7. The molecule has 0 aliphatic rings. The number of benzene rings is 2. The third kappa shape index (κ3) is 4.81. The number of carbonyl (C=O) groups excluding carboxylic acids is 1. The Kier molecular flexibility index (Phi) is 6.14. The van der Waals surface area contributed by atoms with Crippen molar-refractivity contribution in [2.24, 2.45) is 0 Å². The summed E-state index contributed by atoms with van der Waals surface area (Å²) in [6, 6.07) is 9.64. The summed E-state index contributed by atoms with van der Waals surface area (Å²) in [6.45, 7) is -0.959. The van der Waals surface area contributed by atoms with E-state index in [9.17, 15) is 13.6 Å². The monoisotopic (exact) mass is 367 g/mol. The first-order chi connectivity index (χ1) is 11.9. The van der Waals surface area contributed by atoms with Crippen LogP contribution in [0.2, 0.25) is 5.02 Å². The largest absolute Gasteiger partial charge is 0.490 e. The van der Waals surface area contributed by atoms with Crippen molar-refractivity contribution < 1.29 is 27.8 Å². The van der Waals surface area contributed by atoms with Crippen molar-refractivity contribution in [2.75, 3.05) is 6.61 Å². The molecule has 0 bridgehead atoms. The molecule has 130 valence electrons. The number of ether oxygens (including phenoxy) is 3. The summed E-state index contributed by atoms with van der Waals surface area (Å²) < 4.78 is 39.0. The van der Waals surface area contributed by atoms with Crippen molar-refractivity contribution in [3.8, 4) is 23.3 Å². The Labute approximate surface area is 147 Å². The molecule has 0 spiro atoms. The van der Waals surface area contributed by atoms with Gasteiger partial charge in [-0.1, -0.05) is 11.6 Å². The highest BCUT2D eigenvalue weighted by Gasteiger charge is 2.18. The number of halogens is 3. The Balaban J connectivity index is 2.24. The molecule has 0 saturated heterocycles. The lowest BCUT2D eigenvalue weighted by molar-refractivity contribution is -0.0498. The van der Waals surface area contributed by atoms with E-state index in [2.05, 4.69) is 4.74 Å². The quantitative estimate of drug-likeness (QED) is 0.558. The first-order valence-corrected chi connectivity index (χ1v) is 7.46. The van der Waals surface area contributed by atoms with Crippen LogP contribution in [0, 0.1) is 11.3 Å². The van der Waals surface area contributed by atoms with Gasteiger partial charge in [0.05, 0.1) is 28.8 Å². The standard InChI is InChI=1S/C17H12ClF2NO4/c1-2-23-14-8-10(9-21)7-13(18)15(14)25-16(22)11-3-5-12(6-4-11)24-17(19)20/h3-8,17H,2H2,1H3. The molecule has 25 heavy (non-hydrogen) atoms. The summed E-state index contributed by atoms with van der Waals surface area (Å²) in [4.78, 5) is 12.2. The highest BCUT2D eigenvalue weighted by atomic mass is 35.5. The molecule has 2 aromatic carbocycles. The molecule has 0 unspecified atom stereocenters. The molecule has 0 N–H and O–H groups in total. The van der Waals surface area contributed by atoms with E-state index in [1.165, 1.54) is 36.4 Å². The van der Waals surface area contributed by atoms with E-state index in [1.54, 1.807) is 6.92 Å².